The Kier molecular flexibility index (Phi) is 4.57. The second kappa shape index (κ2) is 6.75. The van der Waals surface area contributed by atoms with Gasteiger partial charge in [0.15, 0.2) is 11.5 Å². The number of Topliss-reactive ketones (excluding diaryl/α,β-unsaturated/α-hetero) is 1. The van der Waals surface area contributed by atoms with E-state index < -0.39 is 5.41 Å². The zero-order valence-corrected chi connectivity index (χ0v) is 21.3. The number of aliphatic hydroxyl groups is 1. The summed E-state index contributed by atoms with van der Waals surface area (Å²) in [5.41, 5.74) is 0.647. The molecule has 1 N–H and O–H groups in total. The van der Waals surface area contributed by atoms with E-state index in [0.717, 1.165) is 32.3 Å². The zero-order valence-electron chi connectivity index (χ0n) is 21.3. The molecule has 4 nitrogen and oxygen atoms in total. The van der Waals surface area contributed by atoms with Crippen molar-refractivity contribution in [3.05, 3.63) is 23.5 Å². The maximum absolute atomic E-state index is 12.8. The van der Waals surface area contributed by atoms with Crippen LogP contribution in [0.15, 0.2) is 23.5 Å². The summed E-state index contributed by atoms with van der Waals surface area (Å²) in [4.78, 5) is 12.8. The van der Waals surface area contributed by atoms with Crippen molar-refractivity contribution in [3.8, 4) is 0 Å². The fraction of sp³-hybridized carbons (Fsp3) is 0.828. The van der Waals surface area contributed by atoms with Crippen LogP contribution in [0.1, 0.15) is 80.1 Å². The Morgan fingerprint density at radius 1 is 1.06 bits per heavy atom. The number of fused-ring (bicyclic) bond motifs is 7. The number of allylic oxidation sites excluding steroid dienone is 4. The number of hydrogen-bond donors (Lipinski definition) is 1. The predicted octanol–water partition coefficient (Wildman–Crippen LogP) is 6.22. The second-order valence-electron chi connectivity index (χ2n) is 13.5. The molecule has 10 unspecified atom stereocenters. The maximum atomic E-state index is 12.8. The largest absolute Gasteiger partial charge is 0.505 e. The molecule has 2 aliphatic heterocycles. The van der Waals surface area contributed by atoms with Crippen molar-refractivity contribution in [1.82, 2.24) is 0 Å². The standard InChI is InChI=1S/C29H42O4/c1-16-9-12-29(32-15-16)17(2)24-22(33-29)13-20-18-7-8-23-26(3,4)25(31)21(30)14-28(23,6)19(18)10-11-27(20,24)5/h8,14,16-20,22,24,30H,7,9-13,15H2,1-6H3. The van der Waals surface area contributed by atoms with Gasteiger partial charge in [-0.3, -0.25) is 4.79 Å². The third-order valence-electron chi connectivity index (χ3n) is 11.6. The molecule has 4 aliphatic carbocycles. The van der Waals surface area contributed by atoms with Crippen LogP contribution >= 0.6 is 0 Å². The van der Waals surface area contributed by atoms with Gasteiger partial charge in [-0.2, -0.15) is 0 Å². The molecule has 2 saturated heterocycles. The number of carbonyl (C=O) groups excluding carboxylic acids is 1. The summed E-state index contributed by atoms with van der Waals surface area (Å²) in [5.74, 6) is 2.78. The van der Waals surface area contributed by atoms with Gasteiger partial charge in [0.2, 0.25) is 5.78 Å². The Hall–Kier alpha value is -1.13. The molecule has 0 bridgehead atoms. The molecule has 4 fully saturated rings. The van der Waals surface area contributed by atoms with Gasteiger partial charge in [-0.1, -0.05) is 39.3 Å². The highest BCUT2D eigenvalue weighted by Gasteiger charge is 2.69. The third-order valence-corrected chi connectivity index (χ3v) is 11.6. The lowest BCUT2D eigenvalue weighted by molar-refractivity contribution is -0.272. The highest BCUT2D eigenvalue weighted by Crippen LogP contribution is 2.71. The van der Waals surface area contributed by atoms with Crippen LogP contribution in [0.4, 0.5) is 0 Å². The van der Waals surface area contributed by atoms with Gasteiger partial charge in [-0.15, -0.1) is 0 Å². The van der Waals surface area contributed by atoms with Crippen LogP contribution in [-0.2, 0) is 14.3 Å². The molecular weight excluding hydrogens is 412 g/mol. The lowest BCUT2D eigenvalue weighted by Crippen LogP contribution is -2.54. The molecule has 4 heteroatoms. The summed E-state index contributed by atoms with van der Waals surface area (Å²) in [7, 11) is 0. The van der Waals surface area contributed by atoms with Crippen molar-refractivity contribution in [1.29, 1.82) is 0 Å². The van der Waals surface area contributed by atoms with Gasteiger partial charge in [0.05, 0.1) is 18.1 Å². The summed E-state index contributed by atoms with van der Waals surface area (Å²) in [6, 6.07) is 0. The summed E-state index contributed by atoms with van der Waals surface area (Å²) in [6.07, 6.45) is 11.3. The number of hydrogen-bond acceptors (Lipinski definition) is 4. The van der Waals surface area contributed by atoms with E-state index in [1.165, 1.54) is 18.4 Å². The Morgan fingerprint density at radius 3 is 2.52 bits per heavy atom. The van der Waals surface area contributed by atoms with Crippen LogP contribution in [-0.4, -0.2) is 29.4 Å². The first-order valence-electron chi connectivity index (χ1n) is 13.4. The molecule has 0 aromatic carbocycles. The predicted molar refractivity (Wildman–Crippen MR) is 127 cm³/mol. The summed E-state index contributed by atoms with van der Waals surface area (Å²) in [5, 5.41) is 10.6. The first-order chi connectivity index (χ1) is 15.4. The van der Waals surface area contributed by atoms with Crippen LogP contribution in [0.25, 0.3) is 0 Å². The van der Waals surface area contributed by atoms with E-state index in [2.05, 4.69) is 33.8 Å². The van der Waals surface area contributed by atoms with Crippen LogP contribution in [0.5, 0.6) is 0 Å². The van der Waals surface area contributed by atoms with Crippen molar-refractivity contribution in [2.75, 3.05) is 6.61 Å². The lowest BCUT2D eigenvalue weighted by atomic mass is 9.45. The van der Waals surface area contributed by atoms with Crippen molar-refractivity contribution in [3.63, 3.8) is 0 Å². The first-order valence-corrected chi connectivity index (χ1v) is 13.4. The van der Waals surface area contributed by atoms with E-state index in [1.54, 1.807) is 0 Å². The Labute approximate surface area is 199 Å². The van der Waals surface area contributed by atoms with E-state index >= 15 is 0 Å². The third kappa shape index (κ3) is 2.69. The molecule has 2 heterocycles. The van der Waals surface area contributed by atoms with Crippen molar-refractivity contribution < 1.29 is 19.4 Å². The van der Waals surface area contributed by atoms with Gasteiger partial charge >= 0.3 is 0 Å². The number of ketones is 1. The number of ether oxygens (including phenoxy) is 2. The summed E-state index contributed by atoms with van der Waals surface area (Å²) in [6.45, 7) is 14.3. The highest BCUT2D eigenvalue weighted by atomic mass is 16.7. The fourth-order valence-electron chi connectivity index (χ4n) is 9.96. The molecule has 0 aromatic rings. The highest BCUT2D eigenvalue weighted by molar-refractivity contribution is 6.01. The minimum Gasteiger partial charge on any atom is -0.505 e. The monoisotopic (exact) mass is 454 g/mol. The fourth-order valence-corrected chi connectivity index (χ4v) is 9.96. The molecule has 1 spiro atoms. The lowest BCUT2D eigenvalue weighted by Gasteiger charge is -2.58. The summed E-state index contributed by atoms with van der Waals surface area (Å²) < 4.78 is 13.3. The average Bonchev–Trinajstić information content (AvgIpc) is 3.19. The average molecular weight is 455 g/mol. The topological polar surface area (TPSA) is 55.8 Å². The van der Waals surface area contributed by atoms with E-state index in [4.69, 9.17) is 9.47 Å². The normalized spacial score (nSPS) is 54.7. The van der Waals surface area contributed by atoms with Gasteiger partial charge in [0.1, 0.15) is 0 Å². The molecule has 182 valence electrons. The zero-order chi connectivity index (χ0) is 23.6. The van der Waals surface area contributed by atoms with Gasteiger partial charge < -0.3 is 14.6 Å². The first kappa shape index (κ1) is 22.3. The molecule has 2 saturated carbocycles. The Balaban J connectivity index is 1.33. The Bertz CT molecular complexity index is 937. The van der Waals surface area contributed by atoms with Gasteiger partial charge in [0.25, 0.3) is 0 Å². The van der Waals surface area contributed by atoms with Crippen molar-refractivity contribution in [2.45, 2.75) is 92.0 Å². The number of carbonyl (C=O) groups is 1. The molecule has 0 radical (unpaired) electrons. The van der Waals surface area contributed by atoms with E-state index in [0.29, 0.717) is 41.6 Å². The van der Waals surface area contributed by atoms with Gasteiger partial charge in [0, 0.05) is 17.8 Å². The van der Waals surface area contributed by atoms with E-state index in [-0.39, 0.29) is 28.2 Å². The molecule has 0 amide bonds. The van der Waals surface area contributed by atoms with E-state index in [1.807, 2.05) is 19.9 Å². The second-order valence-corrected chi connectivity index (χ2v) is 13.5. The van der Waals surface area contributed by atoms with Gasteiger partial charge in [-0.25, -0.2) is 0 Å². The minimum absolute atomic E-state index is 0.0282. The molecule has 0 aromatic heterocycles. The van der Waals surface area contributed by atoms with Crippen LogP contribution in [0.3, 0.4) is 0 Å². The SMILES string of the molecule is CC1CCC2(OC1)OC1CC3C4CC=C5C(C)(C)C(=O)C(O)=CC5(C)C4CCC3(C)C1C2C. The van der Waals surface area contributed by atoms with Gasteiger partial charge in [-0.05, 0) is 87.0 Å². The van der Waals surface area contributed by atoms with Crippen LogP contribution in [0, 0.1) is 51.8 Å². The molecule has 33 heavy (non-hydrogen) atoms. The molecular formula is C29H42O4. The smallest absolute Gasteiger partial charge is 0.206 e. The molecule has 6 rings (SSSR count). The number of aliphatic hydroxyl groups excluding tert-OH is 1. The van der Waals surface area contributed by atoms with Crippen LogP contribution in [0.2, 0.25) is 0 Å². The van der Waals surface area contributed by atoms with Crippen LogP contribution < -0.4 is 0 Å². The quantitative estimate of drug-likeness (QED) is 0.442. The minimum atomic E-state index is -0.620. The summed E-state index contributed by atoms with van der Waals surface area (Å²) >= 11 is 0. The van der Waals surface area contributed by atoms with Crippen molar-refractivity contribution >= 4 is 5.78 Å². The Morgan fingerprint density at radius 2 is 1.82 bits per heavy atom. The maximum Gasteiger partial charge on any atom is 0.206 e. The number of rotatable bonds is 0. The molecule has 6 aliphatic rings. The van der Waals surface area contributed by atoms with E-state index in [9.17, 15) is 9.90 Å². The molecule has 10 atom stereocenters. The van der Waals surface area contributed by atoms with Crippen molar-refractivity contribution in [2.24, 2.45) is 51.8 Å².